The van der Waals surface area contributed by atoms with Gasteiger partial charge in [-0.05, 0) is 61.1 Å². The third-order valence-corrected chi connectivity index (χ3v) is 6.18. The van der Waals surface area contributed by atoms with E-state index in [-0.39, 0.29) is 0 Å². The summed E-state index contributed by atoms with van der Waals surface area (Å²) in [6, 6.07) is 7.16. The summed E-state index contributed by atoms with van der Waals surface area (Å²) in [5, 5.41) is 6.28. The van der Waals surface area contributed by atoms with E-state index in [1.165, 1.54) is 55.0 Å². The van der Waals surface area contributed by atoms with Gasteiger partial charge in [0.1, 0.15) is 5.82 Å². The van der Waals surface area contributed by atoms with Crippen LogP contribution in [0.2, 0.25) is 0 Å². The van der Waals surface area contributed by atoms with Crippen LogP contribution in [0.5, 0.6) is 0 Å². The number of nitrogens with zero attached hydrogens (tertiary/aromatic N) is 2. The number of pyridine rings is 1. The Morgan fingerprint density at radius 1 is 1.16 bits per heavy atom. The van der Waals surface area contributed by atoms with Crippen LogP contribution in [0.15, 0.2) is 30.6 Å². The van der Waals surface area contributed by atoms with Crippen LogP contribution in [0.25, 0.3) is 12.2 Å². The summed E-state index contributed by atoms with van der Waals surface area (Å²) in [7, 11) is 0. The van der Waals surface area contributed by atoms with Crippen molar-refractivity contribution in [1.82, 2.24) is 14.9 Å². The van der Waals surface area contributed by atoms with Crippen LogP contribution in [-0.4, -0.2) is 40.5 Å². The zero-order chi connectivity index (χ0) is 16.6. The van der Waals surface area contributed by atoms with Crippen molar-refractivity contribution >= 4 is 18.0 Å². The lowest BCUT2D eigenvalue weighted by Gasteiger charge is -2.43. The first-order chi connectivity index (χ1) is 12.3. The Bertz CT molecular complexity index is 851. The molecule has 5 rings (SSSR count). The Balaban J connectivity index is 1.29. The lowest BCUT2D eigenvalue weighted by atomic mass is 9.85. The molecule has 2 bridgehead atoms. The molecule has 130 valence electrons. The summed E-state index contributed by atoms with van der Waals surface area (Å²) in [6.07, 6.45) is 13.7. The second kappa shape index (κ2) is 6.34. The van der Waals surface area contributed by atoms with Crippen molar-refractivity contribution in [2.24, 2.45) is 5.92 Å². The molecule has 4 nitrogen and oxygen atoms in total. The average molecular weight is 334 g/mol. The molecule has 4 heteroatoms. The first-order valence-corrected chi connectivity index (χ1v) is 9.65. The maximum atomic E-state index is 4.73. The summed E-state index contributed by atoms with van der Waals surface area (Å²) < 4.78 is 0. The van der Waals surface area contributed by atoms with Crippen LogP contribution >= 0.6 is 0 Å². The molecule has 0 amide bonds. The molecule has 4 atom stereocenters. The number of H-pyrrole nitrogens is 1. The van der Waals surface area contributed by atoms with Crippen molar-refractivity contribution in [2.75, 3.05) is 25.0 Å². The number of piperidine rings is 2. The van der Waals surface area contributed by atoms with Gasteiger partial charge in [0.15, 0.2) is 0 Å². The van der Waals surface area contributed by atoms with Crippen LogP contribution < -0.4 is 15.9 Å². The molecule has 2 saturated heterocycles. The molecule has 2 fully saturated rings. The molecule has 3 aliphatic rings. The maximum Gasteiger partial charge on any atom is 0.126 e. The Morgan fingerprint density at radius 2 is 2.16 bits per heavy atom. The highest BCUT2D eigenvalue weighted by Crippen LogP contribution is 2.29. The summed E-state index contributed by atoms with van der Waals surface area (Å²) in [6.45, 7) is 3.80. The van der Waals surface area contributed by atoms with Gasteiger partial charge in [-0.15, -0.1) is 0 Å². The van der Waals surface area contributed by atoms with Gasteiger partial charge in [0.25, 0.3) is 0 Å². The van der Waals surface area contributed by atoms with Crippen molar-refractivity contribution < 1.29 is 0 Å². The molecule has 1 aliphatic carbocycles. The van der Waals surface area contributed by atoms with E-state index >= 15 is 0 Å². The summed E-state index contributed by atoms with van der Waals surface area (Å²) in [5.74, 6) is 2.26. The normalized spacial score (nSPS) is 30.7. The fourth-order valence-corrected chi connectivity index (χ4v) is 4.75. The first-order valence-electron chi connectivity index (χ1n) is 9.65. The quantitative estimate of drug-likeness (QED) is 0.903. The number of aromatic nitrogens is 2. The molecule has 2 aliphatic heterocycles. The highest BCUT2D eigenvalue weighted by Gasteiger charge is 2.31. The predicted octanol–water partition coefficient (Wildman–Crippen LogP) is 2.05. The van der Waals surface area contributed by atoms with Crippen LogP contribution in [0.3, 0.4) is 0 Å². The number of hydrogen-bond donors (Lipinski definition) is 2. The zero-order valence-corrected chi connectivity index (χ0v) is 14.6. The highest BCUT2D eigenvalue weighted by molar-refractivity contribution is 5.48. The second-order valence-corrected chi connectivity index (χ2v) is 7.78. The maximum absolute atomic E-state index is 4.73. The van der Waals surface area contributed by atoms with Gasteiger partial charge in [0.2, 0.25) is 0 Å². The summed E-state index contributed by atoms with van der Waals surface area (Å²) in [4.78, 5) is 10.6. The van der Waals surface area contributed by atoms with Gasteiger partial charge in [0, 0.05) is 42.8 Å². The van der Waals surface area contributed by atoms with E-state index < -0.39 is 0 Å². The topological polar surface area (TPSA) is 44.0 Å². The minimum Gasteiger partial charge on any atom is -0.367 e. The Labute approximate surface area is 148 Å². The van der Waals surface area contributed by atoms with E-state index in [0.29, 0.717) is 12.0 Å². The monoisotopic (exact) mass is 334 g/mol. The molecule has 2 aromatic heterocycles. The Morgan fingerprint density at radius 3 is 3.08 bits per heavy atom. The predicted molar refractivity (Wildman–Crippen MR) is 102 cm³/mol. The molecule has 0 spiro atoms. The molecule has 4 heterocycles. The van der Waals surface area contributed by atoms with Gasteiger partial charge in [0.05, 0.1) is 0 Å². The molecule has 0 aromatic carbocycles. The molecule has 2 N–H and O–H groups in total. The molecular weight excluding hydrogens is 308 g/mol. The van der Waals surface area contributed by atoms with Crippen molar-refractivity contribution in [3.63, 3.8) is 0 Å². The second-order valence-electron chi connectivity index (χ2n) is 7.78. The minimum atomic E-state index is 0.437. The Hall–Kier alpha value is -2.07. The minimum absolute atomic E-state index is 0.437. The van der Waals surface area contributed by atoms with Crippen LogP contribution in [-0.2, 0) is 0 Å². The summed E-state index contributed by atoms with van der Waals surface area (Å²) in [5.41, 5.74) is 1.31. The number of hydrogen-bond acceptors (Lipinski definition) is 3. The van der Waals surface area contributed by atoms with E-state index in [1.54, 1.807) is 0 Å². The number of anilines is 1. The summed E-state index contributed by atoms with van der Waals surface area (Å²) >= 11 is 0. The highest BCUT2D eigenvalue weighted by atomic mass is 15.2. The van der Waals surface area contributed by atoms with E-state index in [2.05, 4.69) is 51.7 Å². The number of fused-ring (bicyclic) bond motifs is 3. The van der Waals surface area contributed by atoms with E-state index in [9.17, 15) is 0 Å². The number of aromatic amines is 1. The zero-order valence-electron chi connectivity index (χ0n) is 14.6. The van der Waals surface area contributed by atoms with Crippen molar-refractivity contribution in [1.29, 1.82) is 0 Å². The average Bonchev–Trinajstić information content (AvgIpc) is 3.13. The molecule has 0 radical (unpaired) electrons. The van der Waals surface area contributed by atoms with E-state index in [0.717, 1.165) is 18.2 Å². The molecule has 2 aromatic rings. The lowest BCUT2D eigenvalue weighted by molar-refractivity contribution is 0.113. The van der Waals surface area contributed by atoms with Gasteiger partial charge < -0.3 is 15.2 Å². The van der Waals surface area contributed by atoms with E-state index in [4.69, 9.17) is 4.98 Å². The van der Waals surface area contributed by atoms with Crippen LogP contribution in [0.1, 0.15) is 37.2 Å². The van der Waals surface area contributed by atoms with E-state index in [1.807, 2.05) is 6.20 Å². The Kier molecular flexibility index (Phi) is 3.86. The molecule has 25 heavy (non-hydrogen) atoms. The van der Waals surface area contributed by atoms with Crippen molar-refractivity contribution in [2.45, 2.75) is 37.6 Å². The van der Waals surface area contributed by atoms with Crippen LogP contribution in [0.4, 0.5) is 5.82 Å². The smallest absolute Gasteiger partial charge is 0.126 e. The fourth-order valence-electron chi connectivity index (χ4n) is 4.75. The van der Waals surface area contributed by atoms with Crippen molar-refractivity contribution in [3.8, 4) is 0 Å². The first kappa shape index (κ1) is 15.2. The third kappa shape index (κ3) is 2.99. The van der Waals surface area contributed by atoms with Crippen LogP contribution in [0, 0.1) is 5.92 Å². The fraction of sp³-hybridized carbons (Fsp3) is 0.476. The van der Waals surface area contributed by atoms with Crippen molar-refractivity contribution in [3.05, 3.63) is 46.7 Å². The SMILES string of the molecule is C1=c2cc[nH]c2=CCC1c1ccc(NC2CCN3CCCC2C3)nc1. The lowest BCUT2D eigenvalue weighted by Crippen LogP contribution is -2.49. The van der Waals surface area contributed by atoms with Gasteiger partial charge in [-0.2, -0.15) is 0 Å². The van der Waals surface area contributed by atoms with Gasteiger partial charge in [-0.1, -0.05) is 18.2 Å². The van der Waals surface area contributed by atoms with Gasteiger partial charge >= 0.3 is 0 Å². The number of nitrogens with one attached hydrogen (secondary N) is 2. The number of rotatable bonds is 3. The molecule has 4 unspecified atom stereocenters. The molecular formula is C21H26N4. The van der Waals surface area contributed by atoms with Gasteiger partial charge in [-0.3, -0.25) is 0 Å². The third-order valence-electron chi connectivity index (χ3n) is 6.18. The molecule has 0 saturated carbocycles. The largest absolute Gasteiger partial charge is 0.367 e. The van der Waals surface area contributed by atoms with Gasteiger partial charge in [-0.25, -0.2) is 4.98 Å². The standard InChI is InChI=1S/C21H26N4/c1-2-18-14-25(10-1)11-8-20(18)24-21-6-4-17(13-23-21)15-3-5-19-16(12-15)7-9-22-19/h4-7,9,12-13,15,18,20,22H,1-3,8,10-11,14H2,(H,23,24).